The van der Waals surface area contributed by atoms with Gasteiger partial charge < -0.3 is 19.4 Å². The molecule has 27 heavy (non-hydrogen) atoms. The van der Waals surface area contributed by atoms with Crippen molar-refractivity contribution in [1.29, 1.82) is 0 Å². The first-order valence-electron chi connectivity index (χ1n) is 10.8. The third-order valence-electron chi connectivity index (χ3n) is 4.39. The molecular formula is C22H41NaO4. The van der Waals surface area contributed by atoms with Gasteiger partial charge in [-0.05, 0) is 32.1 Å². The first kappa shape index (κ1) is 29.3. The van der Waals surface area contributed by atoms with Gasteiger partial charge in [-0.15, -0.1) is 0 Å². The van der Waals surface area contributed by atoms with Crippen LogP contribution in [0, 0.1) is 0 Å². The van der Waals surface area contributed by atoms with Gasteiger partial charge in [0.15, 0.2) is 0 Å². The van der Waals surface area contributed by atoms with E-state index in [1.165, 1.54) is 83.5 Å². The Morgan fingerprint density at radius 1 is 0.704 bits per heavy atom. The fourth-order valence-electron chi connectivity index (χ4n) is 2.83. The van der Waals surface area contributed by atoms with Crippen molar-refractivity contribution in [2.24, 2.45) is 0 Å². The second-order valence-corrected chi connectivity index (χ2v) is 6.97. The third kappa shape index (κ3) is 28.4. The Morgan fingerprint density at radius 2 is 1.19 bits per heavy atom. The number of carbonyl (C=O) groups excluding carboxylic acids is 1. The van der Waals surface area contributed by atoms with Crippen LogP contribution in [0.3, 0.4) is 0 Å². The monoisotopic (exact) mass is 392 g/mol. The SMILES string of the molecule is CCCCCCCC/C=C\CCCCCCCCOCCOCC(=O)[O-].[Na+]. The molecule has 0 aromatic heterocycles. The summed E-state index contributed by atoms with van der Waals surface area (Å²) in [4.78, 5) is 10.1. The number of carbonyl (C=O) groups is 1. The molecule has 154 valence electrons. The van der Waals surface area contributed by atoms with Gasteiger partial charge in [-0.1, -0.05) is 76.9 Å². The topological polar surface area (TPSA) is 58.6 Å². The zero-order chi connectivity index (χ0) is 19.1. The molecule has 0 saturated carbocycles. The van der Waals surface area contributed by atoms with Gasteiger partial charge in [0.2, 0.25) is 0 Å². The largest absolute Gasteiger partial charge is 1.00 e. The molecule has 0 bridgehead atoms. The molecule has 0 aliphatic heterocycles. The zero-order valence-electron chi connectivity index (χ0n) is 18.0. The van der Waals surface area contributed by atoms with Gasteiger partial charge in [-0.3, -0.25) is 0 Å². The normalized spacial score (nSPS) is 11.0. The molecule has 0 atom stereocenters. The molecule has 4 nitrogen and oxygen atoms in total. The molecule has 0 amide bonds. The summed E-state index contributed by atoms with van der Waals surface area (Å²) in [6.45, 7) is 3.42. The van der Waals surface area contributed by atoms with Crippen LogP contribution in [0.1, 0.15) is 96.8 Å². The maximum Gasteiger partial charge on any atom is 1.00 e. The summed E-state index contributed by atoms with van der Waals surface area (Å²) in [7, 11) is 0. The maximum absolute atomic E-state index is 10.1. The Kier molecular flexibility index (Phi) is 28.4. The van der Waals surface area contributed by atoms with E-state index in [9.17, 15) is 9.90 Å². The quantitative estimate of drug-likeness (QED) is 0.170. The number of hydrogen-bond donors (Lipinski definition) is 0. The summed E-state index contributed by atoms with van der Waals surface area (Å²) in [6.07, 6.45) is 23.0. The molecular weight excluding hydrogens is 351 g/mol. The van der Waals surface area contributed by atoms with E-state index < -0.39 is 5.97 Å². The van der Waals surface area contributed by atoms with Crippen molar-refractivity contribution in [2.75, 3.05) is 26.4 Å². The van der Waals surface area contributed by atoms with Crippen LogP contribution < -0.4 is 34.7 Å². The molecule has 0 radical (unpaired) electrons. The van der Waals surface area contributed by atoms with Crippen molar-refractivity contribution in [3.05, 3.63) is 12.2 Å². The Morgan fingerprint density at radius 3 is 1.74 bits per heavy atom. The number of carboxylic acid groups (broad SMARTS) is 1. The van der Waals surface area contributed by atoms with Crippen LogP contribution in [-0.2, 0) is 14.3 Å². The summed E-state index contributed by atoms with van der Waals surface area (Å²) in [6, 6.07) is 0. The number of rotatable bonds is 21. The summed E-state index contributed by atoms with van der Waals surface area (Å²) < 4.78 is 10.2. The number of carboxylic acids is 1. The number of unbranched alkanes of at least 4 members (excludes halogenated alkanes) is 12. The first-order valence-corrected chi connectivity index (χ1v) is 10.8. The molecule has 0 aliphatic rings. The fraction of sp³-hybridized carbons (Fsp3) is 0.864. The smallest absolute Gasteiger partial charge is 0.548 e. The molecule has 0 heterocycles. The van der Waals surface area contributed by atoms with Crippen molar-refractivity contribution in [1.82, 2.24) is 0 Å². The van der Waals surface area contributed by atoms with Crippen LogP contribution in [0.4, 0.5) is 0 Å². The van der Waals surface area contributed by atoms with E-state index in [0.29, 0.717) is 13.2 Å². The standard InChI is InChI=1S/C22H42O4.Na/c1-2-3-4-5-6-7-8-9-10-11-12-13-14-15-16-17-18-25-19-20-26-21-22(23)24;/h9-10H,2-8,11-21H2,1H3,(H,23,24);/q;+1/p-1/b10-9-;. The molecule has 0 aliphatic carbocycles. The number of allylic oxidation sites excluding steroid dienone is 2. The second kappa shape index (κ2) is 26.1. The Hall–Kier alpha value is 0.130. The third-order valence-corrected chi connectivity index (χ3v) is 4.39. The minimum atomic E-state index is -1.18. The molecule has 0 aromatic carbocycles. The molecule has 0 saturated heterocycles. The predicted molar refractivity (Wildman–Crippen MR) is 106 cm³/mol. The van der Waals surface area contributed by atoms with Crippen LogP contribution in [-0.4, -0.2) is 32.4 Å². The van der Waals surface area contributed by atoms with E-state index in [2.05, 4.69) is 19.1 Å². The van der Waals surface area contributed by atoms with Crippen LogP contribution >= 0.6 is 0 Å². The van der Waals surface area contributed by atoms with Gasteiger partial charge in [0, 0.05) is 6.61 Å². The average molecular weight is 393 g/mol. The average Bonchev–Trinajstić information content (AvgIpc) is 2.62. The zero-order valence-corrected chi connectivity index (χ0v) is 20.0. The van der Waals surface area contributed by atoms with Crippen molar-refractivity contribution >= 4 is 5.97 Å². The van der Waals surface area contributed by atoms with E-state index in [4.69, 9.17) is 9.47 Å². The van der Waals surface area contributed by atoms with Gasteiger partial charge in [-0.2, -0.15) is 0 Å². The van der Waals surface area contributed by atoms with Crippen LogP contribution in [0.25, 0.3) is 0 Å². The number of aliphatic carboxylic acids is 1. The minimum Gasteiger partial charge on any atom is -0.548 e. The summed E-state index contributed by atoms with van der Waals surface area (Å²) in [5, 5.41) is 10.1. The Bertz CT molecular complexity index is 321. The van der Waals surface area contributed by atoms with Gasteiger partial charge in [0.05, 0.1) is 25.8 Å². The maximum atomic E-state index is 10.1. The van der Waals surface area contributed by atoms with Gasteiger partial charge in [-0.25, -0.2) is 0 Å². The van der Waals surface area contributed by atoms with E-state index in [1.54, 1.807) is 0 Å². The van der Waals surface area contributed by atoms with Gasteiger partial charge >= 0.3 is 29.6 Å². The molecule has 0 rings (SSSR count). The van der Waals surface area contributed by atoms with Gasteiger partial charge in [0.25, 0.3) is 0 Å². The van der Waals surface area contributed by atoms with Crippen molar-refractivity contribution in [2.45, 2.75) is 96.8 Å². The van der Waals surface area contributed by atoms with E-state index >= 15 is 0 Å². The molecule has 5 heteroatoms. The van der Waals surface area contributed by atoms with Crippen molar-refractivity contribution in [3.8, 4) is 0 Å². The van der Waals surface area contributed by atoms with Crippen LogP contribution in [0.2, 0.25) is 0 Å². The molecule has 0 fully saturated rings. The molecule has 0 spiro atoms. The van der Waals surface area contributed by atoms with E-state index in [1.807, 2.05) is 0 Å². The van der Waals surface area contributed by atoms with Crippen molar-refractivity contribution < 1.29 is 48.9 Å². The summed E-state index contributed by atoms with van der Waals surface area (Å²) >= 11 is 0. The van der Waals surface area contributed by atoms with E-state index in [0.717, 1.165) is 13.0 Å². The van der Waals surface area contributed by atoms with Crippen molar-refractivity contribution in [3.63, 3.8) is 0 Å². The Balaban J connectivity index is 0. The predicted octanol–water partition coefficient (Wildman–Crippen LogP) is 1.81. The van der Waals surface area contributed by atoms with Crippen LogP contribution in [0.15, 0.2) is 12.2 Å². The number of ether oxygens (including phenoxy) is 2. The van der Waals surface area contributed by atoms with Crippen LogP contribution in [0.5, 0.6) is 0 Å². The minimum absolute atomic E-state index is 0. The first-order chi connectivity index (χ1) is 12.8. The number of hydrogen-bond acceptors (Lipinski definition) is 4. The second-order valence-electron chi connectivity index (χ2n) is 6.97. The summed E-state index contributed by atoms with van der Waals surface area (Å²) in [5.74, 6) is -1.18. The van der Waals surface area contributed by atoms with E-state index in [-0.39, 0.29) is 36.2 Å². The molecule has 0 aromatic rings. The molecule has 0 N–H and O–H groups in total. The Labute approximate surface area is 189 Å². The summed E-state index contributed by atoms with van der Waals surface area (Å²) in [5.41, 5.74) is 0. The van der Waals surface area contributed by atoms with Gasteiger partial charge in [0.1, 0.15) is 0 Å². The molecule has 0 unspecified atom stereocenters. The fourth-order valence-corrected chi connectivity index (χ4v) is 2.83.